The summed E-state index contributed by atoms with van der Waals surface area (Å²) in [5, 5.41) is 12.1. The van der Waals surface area contributed by atoms with Gasteiger partial charge in [0.2, 0.25) is 5.88 Å². The Morgan fingerprint density at radius 1 is 1.44 bits per heavy atom. The van der Waals surface area contributed by atoms with Gasteiger partial charge in [-0.15, -0.1) is 0 Å². The highest BCUT2D eigenvalue weighted by Gasteiger charge is 2.14. The maximum absolute atomic E-state index is 9.17. The van der Waals surface area contributed by atoms with E-state index < -0.39 is 0 Å². The van der Waals surface area contributed by atoms with E-state index in [9.17, 15) is 0 Å². The lowest BCUT2D eigenvalue weighted by Gasteiger charge is -2.18. The van der Waals surface area contributed by atoms with E-state index in [4.69, 9.17) is 20.3 Å². The van der Waals surface area contributed by atoms with Gasteiger partial charge in [-0.05, 0) is 13.8 Å². The van der Waals surface area contributed by atoms with Crippen LogP contribution in [0.1, 0.15) is 13.8 Å². The predicted molar refractivity (Wildman–Crippen MR) is 68.6 cm³/mol. The molecule has 1 heterocycles. The molecule has 18 heavy (non-hydrogen) atoms. The largest absolute Gasteiger partial charge is 0.473 e. The molecule has 0 fully saturated rings. The van der Waals surface area contributed by atoms with E-state index in [2.05, 4.69) is 15.3 Å². The van der Waals surface area contributed by atoms with Crippen molar-refractivity contribution in [2.75, 3.05) is 31.4 Å². The summed E-state index contributed by atoms with van der Waals surface area (Å²) in [5.41, 5.74) is 6.22. The first-order chi connectivity index (χ1) is 8.58. The third-order valence-electron chi connectivity index (χ3n) is 2.12. The van der Waals surface area contributed by atoms with Gasteiger partial charge in [-0.3, -0.25) is 0 Å². The number of methoxy groups -OCH3 is 1. The van der Waals surface area contributed by atoms with E-state index in [0.717, 1.165) is 0 Å². The third-order valence-corrected chi connectivity index (χ3v) is 2.12. The highest BCUT2D eigenvalue weighted by Crippen LogP contribution is 2.25. The maximum Gasteiger partial charge on any atom is 0.242 e. The summed E-state index contributed by atoms with van der Waals surface area (Å²) in [6, 6.07) is -0.279. The standard InChI is InChI=1S/C11H20N4O3/c1-7(2)18-11-9(12)10(13-6-14-11)15-8(4-16)5-17-3/h6-8,16H,4-5,12H2,1-3H3,(H,13,14,15). The quantitative estimate of drug-likeness (QED) is 0.643. The monoisotopic (exact) mass is 256 g/mol. The molecule has 4 N–H and O–H groups in total. The Kier molecular flexibility index (Phi) is 5.60. The van der Waals surface area contributed by atoms with Crippen molar-refractivity contribution >= 4 is 11.5 Å². The number of anilines is 2. The van der Waals surface area contributed by atoms with Crippen LogP contribution in [0.2, 0.25) is 0 Å². The van der Waals surface area contributed by atoms with E-state index in [1.165, 1.54) is 6.33 Å². The summed E-state index contributed by atoms with van der Waals surface area (Å²) in [6.07, 6.45) is 1.33. The minimum absolute atomic E-state index is 0.0253. The lowest BCUT2D eigenvalue weighted by Crippen LogP contribution is -2.29. The van der Waals surface area contributed by atoms with Crippen LogP contribution in [0.25, 0.3) is 0 Å². The molecular formula is C11H20N4O3. The minimum Gasteiger partial charge on any atom is -0.473 e. The highest BCUT2D eigenvalue weighted by molar-refractivity contribution is 5.66. The third kappa shape index (κ3) is 4.01. The summed E-state index contributed by atoms with van der Waals surface area (Å²) in [6.45, 7) is 4.03. The molecule has 0 spiro atoms. The van der Waals surface area contributed by atoms with Gasteiger partial charge in [0, 0.05) is 7.11 Å². The van der Waals surface area contributed by atoms with Crippen LogP contribution >= 0.6 is 0 Å². The zero-order valence-electron chi connectivity index (χ0n) is 10.9. The number of aliphatic hydroxyl groups is 1. The molecule has 102 valence electrons. The van der Waals surface area contributed by atoms with Crippen LogP contribution in [0.15, 0.2) is 6.33 Å². The van der Waals surface area contributed by atoms with Crippen molar-refractivity contribution in [3.63, 3.8) is 0 Å². The van der Waals surface area contributed by atoms with Crippen molar-refractivity contribution in [1.29, 1.82) is 0 Å². The van der Waals surface area contributed by atoms with E-state index in [1.54, 1.807) is 7.11 Å². The van der Waals surface area contributed by atoms with Gasteiger partial charge < -0.3 is 25.6 Å². The fourth-order valence-electron chi connectivity index (χ4n) is 1.35. The SMILES string of the molecule is COCC(CO)Nc1ncnc(OC(C)C)c1N. The van der Waals surface area contributed by atoms with Crippen LogP contribution < -0.4 is 15.8 Å². The van der Waals surface area contributed by atoms with Gasteiger partial charge in [0.25, 0.3) is 0 Å². The Morgan fingerprint density at radius 3 is 2.72 bits per heavy atom. The Bertz CT molecular complexity index is 373. The lowest BCUT2D eigenvalue weighted by atomic mass is 10.3. The average molecular weight is 256 g/mol. The fourth-order valence-corrected chi connectivity index (χ4v) is 1.35. The first-order valence-electron chi connectivity index (χ1n) is 5.72. The molecule has 1 atom stereocenters. The Morgan fingerprint density at radius 2 is 2.17 bits per heavy atom. The normalized spacial score (nSPS) is 12.5. The number of nitrogen functional groups attached to an aromatic ring is 1. The number of aliphatic hydroxyl groups excluding tert-OH is 1. The van der Waals surface area contributed by atoms with Crippen LogP contribution in [0.4, 0.5) is 11.5 Å². The van der Waals surface area contributed by atoms with Gasteiger partial charge in [-0.2, -0.15) is 4.98 Å². The molecule has 0 aliphatic carbocycles. The number of nitrogens with one attached hydrogen (secondary N) is 1. The highest BCUT2D eigenvalue weighted by atomic mass is 16.5. The maximum atomic E-state index is 9.17. The van der Waals surface area contributed by atoms with Gasteiger partial charge in [0.05, 0.1) is 25.4 Å². The molecule has 1 rings (SSSR count). The fraction of sp³-hybridized carbons (Fsp3) is 0.636. The van der Waals surface area contributed by atoms with E-state index >= 15 is 0 Å². The molecule has 1 unspecified atom stereocenters. The zero-order valence-corrected chi connectivity index (χ0v) is 10.9. The summed E-state index contributed by atoms with van der Waals surface area (Å²) in [7, 11) is 1.56. The smallest absolute Gasteiger partial charge is 0.242 e. The van der Waals surface area contributed by atoms with Crippen LogP contribution in [0.3, 0.4) is 0 Å². The second-order valence-corrected chi connectivity index (χ2v) is 4.09. The number of hydrogen-bond donors (Lipinski definition) is 3. The summed E-state index contributed by atoms with van der Waals surface area (Å²) >= 11 is 0. The van der Waals surface area contributed by atoms with Crippen molar-refractivity contribution in [3.8, 4) is 5.88 Å². The molecule has 0 radical (unpaired) electrons. The Hall–Kier alpha value is -1.60. The Labute approximate surface area is 106 Å². The number of ether oxygens (including phenoxy) is 2. The molecule has 0 amide bonds. The molecule has 0 aliphatic rings. The molecule has 1 aromatic heterocycles. The van der Waals surface area contributed by atoms with E-state index in [-0.39, 0.29) is 18.8 Å². The van der Waals surface area contributed by atoms with Crippen molar-refractivity contribution in [3.05, 3.63) is 6.33 Å². The first-order valence-corrected chi connectivity index (χ1v) is 5.72. The minimum atomic E-state index is -0.279. The molecule has 7 heteroatoms. The second kappa shape index (κ2) is 6.97. The number of rotatable bonds is 7. The van der Waals surface area contributed by atoms with Crippen molar-refractivity contribution in [1.82, 2.24) is 9.97 Å². The molecule has 7 nitrogen and oxygen atoms in total. The van der Waals surface area contributed by atoms with Gasteiger partial charge in [0.15, 0.2) is 5.82 Å². The van der Waals surface area contributed by atoms with Gasteiger partial charge in [-0.25, -0.2) is 4.98 Å². The molecule has 0 saturated heterocycles. The van der Waals surface area contributed by atoms with Crippen molar-refractivity contribution in [2.24, 2.45) is 0 Å². The molecule has 0 saturated carbocycles. The van der Waals surface area contributed by atoms with Gasteiger partial charge in [0.1, 0.15) is 12.0 Å². The Balaban J connectivity index is 2.82. The van der Waals surface area contributed by atoms with E-state index in [0.29, 0.717) is 24.0 Å². The molecule has 0 bridgehead atoms. The summed E-state index contributed by atoms with van der Waals surface area (Å²) in [4.78, 5) is 7.99. The number of nitrogens with two attached hydrogens (primary N) is 1. The lowest BCUT2D eigenvalue weighted by molar-refractivity contribution is 0.153. The first kappa shape index (κ1) is 14.5. The van der Waals surface area contributed by atoms with Gasteiger partial charge in [-0.1, -0.05) is 0 Å². The van der Waals surface area contributed by atoms with Crippen LogP contribution in [0, 0.1) is 0 Å². The number of aromatic nitrogens is 2. The average Bonchev–Trinajstić information content (AvgIpc) is 2.32. The van der Waals surface area contributed by atoms with Crippen LogP contribution in [0.5, 0.6) is 5.88 Å². The number of hydrogen-bond acceptors (Lipinski definition) is 7. The van der Waals surface area contributed by atoms with Gasteiger partial charge >= 0.3 is 0 Å². The van der Waals surface area contributed by atoms with Crippen LogP contribution in [-0.2, 0) is 4.74 Å². The summed E-state index contributed by atoms with van der Waals surface area (Å²) in [5.74, 6) is 0.758. The van der Waals surface area contributed by atoms with Crippen LogP contribution in [-0.4, -0.2) is 47.5 Å². The summed E-state index contributed by atoms with van der Waals surface area (Å²) < 4.78 is 10.4. The molecule has 0 aromatic carbocycles. The molecule has 0 aliphatic heterocycles. The molecule has 1 aromatic rings. The van der Waals surface area contributed by atoms with Crippen molar-refractivity contribution in [2.45, 2.75) is 26.0 Å². The number of nitrogens with zero attached hydrogens (tertiary/aromatic N) is 2. The predicted octanol–water partition coefficient (Wildman–Crippen LogP) is 0.265. The van der Waals surface area contributed by atoms with Crippen molar-refractivity contribution < 1.29 is 14.6 Å². The molecular weight excluding hydrogens is 236 g/mol. The zero-order chi connectivity index (χ0) is 13.5. The topological polar surface area (TPSA) is 103 Å². The second-order valence-electron chi connectivity index (χ2n) is 4.09. The van der Waals surface area contributed by atoms with E-state index in [1.807, 2.05) is 13.8 Å².